The molecule has 0 spiro atoms. The van der Waals surface area contributed by atoms with E-state index in [-0.39, 0.29) is 23.5 Å². The lowest BCUT2D eigenvalue weighted by Crippen LogP contribution is -2.20. The number of nitrogens with two attached hydrogens (primary N) is 1. The Morgan fingerprint density at radius 1 is 1.29 bits per heavy atom. The first-order valence-electron chi connectivity index (χ1n) is 6.83. The van der Waals surface area contributed by atoms with E-state index in [0.29, 0.717) is 0 Å². The second-order valence-electron chi connectivity index (χ2n) is 4.89. The van der Waals surface area contributed by atoms with Crippen LogP contribution < -0.4 is 10.5 Å². The molecule has 108 valence electrons. The van der Waals surface area contributed by atoms with Crippen molar-refractivity contribution in [1.29, 1.82) is 0 Å². The molecule has 1 atom stereocenters. The predicted molar refractivity (Wildman–Crippen MR) is 77.3 cm³/mol. The van der Waals surface area contributed by atoms with Gasteiger partial charge in [-0.05, 0) is 30.4 Å². The highest BCUT2D eigenvalue weighted by Gasteiger charge is 2.23. The van der Waals surface area contributed by atoms with Gasteiger partial charge in [0.1, 0.15) is 6.10 Å². The molecule has 1 aromatic heterocycles. The largest absolute Gasteiger partial charge is 0.468 e. The number of amidine groups is 1. The highest BCUT2D eigenvalue weighted by Crippen LogP contribution is 2.33. The zero-order valence-electron chi connectivity index (χ0n) is 11.4. The van der Waals surface area contributed by atoms with Crippen LogP contribution in [0.3, 0.4) is 0 Å². The summed E-state index contributed by atoms with van der Waals surface area (Å²) < 4.78 is 5.99. The maximum absolute atomic E-state index is 8.82. The molecule has 0 aliphatic heterocycles. The zero-order chi connectivity index (χ0) is 14.7. The average Bonchev–Trinajstić information content (AvgIpc) is 2.55. The minimum Gasteiger partial charge on any atom is -0.468 e. The van der Waals surface area contributed by atoms with Crippen molar-refractivity contribution >= 4 is 5.84 Å². The summed E-state index contributed by atoms with van der Waals surface area (Å²) in [6.45, 7) is 0. The van der Waals surface area contributed by atoms with Crippen LogP contribution in [0.2, 0.25) is 0 Å². The monoisotopic (exact) mass is 284 g/mol. The number of hydrogen-bond acceptors (Lipinski definition) is 5. The summed E-state index contributed by atoms with van der Waals surface area (Å²) in [6, 6.07) is 8.22. The van der Waals surface area contributed by atoms with Gasteiger partial charge in [-0.1, -0.05) is 29.4 Å². The third-order valence-electron chi connectivity index (χ3n) is 3.58. The number of oxime groups is 1. The van der Waals surface area contributed by atoms with E-state index in [1.807, 2.05) is 12.1 Å². The SMILES string of the molecule is NC(=NO)c1nccnc1OC1CCCc2ccccc21. The van der Waals surface area contributed by atoms with Crippen molar-refractivity contribution in [2.45, 2.75) is 25.4 Å². The molecule has 3 N–H and O–H groups in total. The van der Waals surface area contributed by atoms with Gasteiger partial charge in [-0.3, -0.25) is 0 Å². The molecule has 1 heterocycles. The van der Waals surface area contributed by atoms with Crippen LogP contribution in [0.5, 0.6) is 5.88 Å². The number of rotatable bonds is 3. The van der Waals surface area contributed by atoms with E-state index in [2.05, 4.69) is 27.3 Å². The summed E-state index contributed by atoms with van der Waals surface area (Å²) in [5, 5.41) is 11.8. The maximum Gasteiger partial charge on any atom is 0.244 e. The number of fused-ring (bicyclic) bond motifs is 1. The summed E-state index contributed by atoms with van der Waals surface area (Å²) in [4.78, 5) is 8.23. The van der Waals surface area contributed by atoms with Gasteiger partial charge in [-0.15, -0.1) is 0 Å². The van der Waals surface area contributed by atoms with Gasteiger partial charge in [0.05, 0.1) is 0 Å². The number of aromatic nitrogens is 2. The molecule has 2 aromatic rings. The molecule has 6 nitrogen and oxygen atoms in total. The summed E-state index contributed by atoms with van der Waals surface area (Å²) in [5.74, 6) is 0.177. The van der Waals surface area contributed by atoms with Gasteiger partial charge in [-0.25, -0.2) is 9.97 Å². The molecular formula is C15H16N4O2. The number of aryl methyl sites for hydroxylation is 1. The minimum atomic E-state index is -0.109. The lowest BCUT2D eigenvalue weighted by Gasteiger charge is -2.26. The maximum atomic E-state index is 8.82. The van der Waals surface area contributed by atoms with Gasteiger partial charge >= 0.3 is 0 Å². The number of ether oxygens (including phenoxy) is 1. The predicted octanol–water partition coefficient (Wildman–Crippen LogP) is 2.03. The fourth-order valence-electron chi connectivity index (χ4n) is 2.60. The first-order valence-corrected chi connectivity index (χ1v) is 6.83. The number of benzene rings is 1. The molecule has 6 heteroatoms. The topological polar surface area (TPSA) is 93.6 Å². The van der Waals surface area contributed by atoms with E-state index in [0.717, 1.165) is 19.3 Å². The Morgan fingerprint density at radius 2 is 2.10 bits per heavy atom. The van der Waals surface area contributed by atoms with Crippen LogP contribution in [0, 0.1) is 0 Å². The van der Waals surface area contributed by atoms with Crippen molar-refractivity contribution in [3.63, 3.8) is 0 Å². The van der Waals surface area contributed by atoms with E-state index < -0.39 is 0 Å². The van der Waals surface area contributed by atoms with Gasteiger partial charge in [0.25, 0.3) is 0 Å². The van der Waals surface area contributed by atoms with E-state index in [9.17, 15) is 0 Å². The first kappa shape index (κ1) is 13.4. The molecule has 1 aliphatic rings. The first-order chi connectivity index (χ1) is 10.3. The van der Waals surface area contributed by atoms with Crippen molar-refractivity contribution in [2.75, 3.05) is 0 Å². The van der Waals surface area contributed by atoms with E-state index in [4.69, 9.17) is 15.7 Å². The normalized spacial score (nSPS) is 18.1. The van der Waals surface area contributed by atoms with Crippen LogP contribution in [0.15, 0.2) is 41.8 Å². The van der Waals surface area contributed by atoms with Crippen LogP contribution in [-0.4, -0.2) is 21.0 Å². The standard InChI is InChI=1S/C15H16N4O2/c16-14(19-20)13-15(18-9-8-17-13)21-12-7-3-5-10-4-1-2-6-11(10)12/h1-2,4,6,8-9,12,20H,3,5,7H2,(H2,16,19). The molecule has 1 aromatic carbocycles. The second-order valence-corrected chi connectivity index (χ2v) is 4.89. The lowest BCUT2D eigenvalue weighted by molar-refractivity contribution is 0.174. The third kappa shape index (κ3) is 2.65. The van der Waals surface area contributed by atoms with Crippen LogP contribution in [0.25, 0.3) is 0 Å². The minimum absolute atomic E-state index is 0.0862. The average molecular weight is 284 g/mol. The fraction of sp³-hybridized carbons (Fsp3) is 0.267. The molecule has 0 radical (unpaired) electrons. The molecule has 0 fully saturated rings. The fourth-order valence-corrected chi connectivity index (χ4v) is 2.60. The van der Waals surface area contributed by atoms with E-state index in [1.54, 1.807) is 0 Å². The van der Waals surface area contributed by atoms with Crippen molar-refractivity contribution in [3.8, 4) is 5.88 Å². The molecule has 0 saturated carbocycles. The van der Waals surface area contributed by atoms with E-state index in [1.165, 1.54) is 23.5 Å². The van der Waals surface area contributed by atoms with Gasteiger partial charge in [0, 0.05) is 12.4 Å². The van der Waals surface area contributed by atoms with Crippen molar-refractivity contribution in [3.05, 3.63) is 53.5 Å². The van der Waals surface area contributed by atoms with Gasteiger partial charge in [0.15, 0.2) is 11.5 Å². The Kier molecular flexibility index (Phi) is 3.68. The summed E-state index contributed by atoms with van der Waals surface area (Å²) in [5.41, 5.74) is 8.33. The Balaban J connectivity index is 1.92. The van der Waals surface area contributed by atoms with Crippen LogP contribution in [0.4, 0.5) is 0 Å². The summed E-state index contributed by atoms with van der Waals surface area (Å²) in [6.07, 6.45) is 5.94. The van der Waals surface area contributed by atoms with Crippen molar-refractivity contribution in [1.82, 2.24) is 9.97 Å². The Labute approximate surface area is 122 Å². The molecular weight excluding hydrogens is 268 g/mol. The lowest BCUT2D eigenvalue weighted by atomic mass is 9.89. The van der Waals surface area contributed by atoms with Crippen LogP contribution >= 0.6 is 0 Å². The summed E-state index contributed by atoms with van der Waals surface area (Å²) in [7, 11) is 0. The van der Waals surface area contributed by atoms with Crippen LogP contribution in [0.1, 0.15) is 35.8 Å². The van der Waals surface area contributed by atoms with Gasteiger partial charge in [-0.2, -0.15) is 0 Å². The molecule has 1 unspecified atom stereocenters. The number of nitrogens with zero attached hydrogens (tertiary/aromatic N) is 3. The van der Waals surface area contributed by atoms with Gasteiger partial charge < -0.3 is 15.7 Å². The van der Waals surface area contributed by atoms with E-state index >= 15 is 0 Å². The zero-order valence-corrected chi connectivity index (χ0v) is 11.4. The Bertz CT molecular complexity index is 672. The van der Waals surface area contributed by atoms with Crippen molar-refractivity contribution in [2.24, 2.45) is 10.9 Å². The quantitative estimate of drug-likeness (QED) is 0.389. The van der Waals surface area contributed by atoms with Gasteiger partial charge in [0.2, 0.25) is 5.88 Å². The Morgan fingerprint density at radius 3 is 2.95 bits per heavy atom. The van der Waals surface area contributed by atoms with Crippen molar-refractivity contribution < 1.29 is 9.94 Å². The number of hydrogen-bond donors (Lipinski definition) is 2. The highest BCUT2D eigenvalue weighted by atomic mass is 16.5. The highest BCUT2D eigenvalue weighted by molar-refractivity contribution is 5.97. The molecule has 3 rings (SSSR count). The molecule has 21 heavy (non-hydrogen) atoms. The smallest absolute Gasteiger partial charge is 0.244 e. The molecule has 0 bridgehead atoms. The third-order valence-corrected chi connectivity index (χ3v) is 3.58. The van der Waals surface area contributed by atoms with Crippen LogP contribution in [-0.2, 0) is 6.42 Å². The molecule has 0 amide bonds. The molecule has 0 saturated heterocycles. The molecule has 1 aliphatic carbocycles. The summed E-state index contributed by atoms with van der Waals surface area (Å²) >= 11 is 0. The second kappa shape index (κ2) is 5.78. The Hall–Kier alpha value is -2.63.